The van der Waals surface area contributed by atoms with Crippen LogP contribution in [0, 0.1) is 0 Å². The topological polar surface area (TPSA) is 86.2 Å². The molecule has 1 aromatic rings. The van der Waals surface area contributed by atoms with Gasteiger partial charge in [0.25, 0.3) is 0 Å². The first-order valence-corrected chi connectivity index (χ1v) is 11.6. The van der Waals surface area contributed by atoms with Crippen LogP contribution in [-0.2, 0) is 11.2 Å². The number of aliphatic imine (C=N–C) groups is 1. The van der Waals surface area contributed by atoms with E-state index in [2.05, 4.69) is 36.4 Å². The Morgan fingerprint density at radius 1 is 1.30 bits per heavy atom. The average molecular weight is 438 g/mol. The van der Waals surface area contributed by atoms with E-state index in [1.54, 1.807) is 7.05 Å². The molecule has 2 heterocycles. The Morgan fingerprint density at radius 3 is 2.53 bits per heavy atom. The number of hydrogen-bond acceptors (Lipinski definition) is 7. The first-order chi connectivity index (χ1) is 14.3. The predicted molar refractivity (Wildman–Crippen MR) is 120 cm³/mol. The Balaban J connectivity index is 1.46. The van der Waals surface area contributed by atoms with Crippen LogP contribution in [0.15, 0.2) is 4.99 Å². The summed E-state index contributed by atoms with van der Waals surface area (Å²) in [5.74, 6) is 1.79. The minimum absolute atomic E-state index is 0.223. The Kier molecular flexibility index (Phi) is 7.38. The van der Waals surface area contributed by atoms with Crippen molar-refractivity contribution in [3.63, 3.8) is 0 Å². The van der Waals surface area contributed by atoms with Gasteiger partial charge in [-0.25, -0.2) is 9.78 Å². The second kappa shape index (κ2) is 9.80. The second-order valence-electron chi connectivity index (χ2n) is 8.70. The van der Waals surface area contributed by atoms with Gasteiger partial charge in [0.1, 0.15) is 11.4 Å². The summed E-state index contributed by atoms with van der Waals surface area (Å²) < 4.78 is 9.96. The third-order valence-electron chi connectivity index (χ3n) is 5.09. The third kappa shape index (κ3) is 6.20. The van der Waals surface area contributed by atoms with Crippen LogP contribution in [0.25, 0.3) is 0 Å². The normalized spacial score (nSPS) is 17.8. The third-order valence-corrected chi connectivity index (χ3v) is 5.90. The minimum Gasteiger partial charge on any atom is -0.444 e. The van der Waals surface area contributed by atoms with Crippen molar-refractivity contribution in [2.45, 2.75) is 58.6 Å². The zero-order chi connectivity index (χ0) is 21.7. The van der Waals surface area contributed by atoms with E-state index in [4.69, 9.17) is 4.74 Å². The Labute approximate surface area is 183 Å². The van der Waals surface area contributed by atoms with E-state index < -0.39 is 5.60 Å². The van der Waals surface area contributed by atoms with Crippen LogP contribution in [0.3, 0.4) is 0 Å². The summed E-state index contributed by atoms with van der Waals surface area (Å²) in [6.07, 6.45) is 2.76. The number of piperazine rings is 1. The minimum atomic E-state index is -0.474. The fraction of sp³-hybridized carbons (Fsp3) is 0.800. The van der Waals surface area contributed by atoms with Gasteiger partial charge in [-0.2, -0.15) is 4.37 Å². The molecule has 1 aliphatic carbocycles. The highest BCUT2D eigenvalue weighted by Crippen LogP contribution is 2.28. The van der Waals surface area contributed by atoms with Crippen LogP contribution in [0.5, 0.6) is 0 Å². The number of nitrogens with zero attached hydrogens (tertiary/aromatic N) is 6. The van der Waals surface area contributed by atoms with E-state index in [-0.39, 0.29) is 6.09 Å². The van der Waals surface area contributed by atoms with E-state index >= 15 is 0 Å². The fourth-order valence-electron chi connectivity index (χ4n) is 3.38. The SMILES string of the molecule is CCc1nsc(N2CCN(C(=NC)NCCN(C(=O)OC(C)(C)C)C3CC3)CC2)n1. The van der Waals surface area contributed by atoms with Gasteiger partial charge in [0, 0.05) is 70.3 Å². The number of amides is 1. The summed E-state index contributed by atoms with van der Waals surface area (Å²) in [7, 11) is 1.81. The molecule has 1 saturated carbocycles. The number of anilines is 1. The fourth-order valence-corrected chi connectivity index (χ4v) is 4.18. The standard InChI is InChI=1S/C20H35N7O2S/c1-6-16-23-18(30-24-16)26-13-11-25(12-14-26)17(21-5)22-9-10-27(15-7-8-15)19(28)29-20(2,3)4/h15H,6-14H2,1-5H3,(H,21,22). The maximum atomic E-state index is 12.5. The number of carbonyl (C=O) groups excluding carboxylic acids is 1. The Hall–Kier alpha value is -2.10. The summed E-state index contributed by atoms with van der Waals surface area (Å²) >= 11 is 1.48. The molecule has 1 aliphatic heterocycles. The van der Waals surface area contributed by atoms with Gasteiger partial charge in [-0.1, -0.05) is 6.92 Å². The molecule has 0 bridgehead atoms. The number of rotatable bonds is 6. The van der Waals surface area contributed by atoms with Gasteiger partial charge in [-0.05, 0) is 33.6 Å². The Bertz CT molecular complexity index is 734. The number of aryl methyl sites for hydroxylation is 1. The second-order valence-corrected chi connectivity index (χ2v) is 9.43. The molecule has 1 amide bonds. The molecule has 10 heteroatoms. The van der Waals surface area contributed by atoms with Gasteiger partial charge in [-0.3, -0.25) is 4.99 Å². The summed E-state index contributed by atoms with van der Waals surface area (Å²) in [6, 6.07) is 0.312. The lowest BCUT2D eigenvalue weighted by Crippen LogP contribution is -2.53. The number of carbonyl (C=O) groups is 1. The van der Waals surface area contributed by atoms with Crippen molar-refractivity contribution in [2.75, 3.05) is 51.2 Å². The van der Waals surface area contributed by atoms with Gasteiger partial charge >= 0.3 is 6.09 Å². The van der Waals surface area contributed by atoms with E-state index in [0.29, 0.717) is 19.1 Å². The molecule has 2 fully saturated rings. The van der Waals surface area contributed by atoms with Crippen LogP contribution >= 0.6 is 11.5 Å². The van der Waals surface area contributed by atoms with Gasteiger partial charge in [0.05, 0.1) is 0 Å². The van der Waals surface area contributed by atoms with Crippen molar-refractivity contribution in [1.82, 2.24) is 24.5 Å². The number of nitrogens with one attached hydrogen (secondary N) is 1. The lowest BCUT2D eigenvalue weighted by Gasteiger charge is -2.36. The number of ether oxygens (including phenoxy) is 1. The van der Waals surface area contributed by atoms with Crippen LogP contribution in [0.2, 0.25) is 0 Å². The first-order valence-electron chi connectivity index (χ1n) is 10.8. The van der Waals surface area contributed by atoms with Gasteiger partial charge in [0.2, 0.25) is 5.13 Å². The highest BCUT2D eigenvalue weighted by Gasteiger charge is 2.35. The molecule has 30 heavy (non-hydrogen) atoms. The highest BCUT2D eigenvalue weighted by atomic mass is 32.1. The van der Waals surface area contributed by atoms with E-state index in [0.717, 1.165) is 62.4 Å². The zero-order valence-electron chi connectivity index (χ0n) is 18.8. The maximum absolute atomic E-state index is 12.5. The number of aromatic nitrogens is 2. The predicted octanol–water partition coefficient (Wildman–Crippen LogP) is 2.20. The molecular formula is C20H35N7O2S. The summed E-state index contributed by atoms with van der Waals surface area (Å²) in [5, 5.41) is 4.43. The van der Waals surface area contributed by atoms with Crippen molar-refractivity contribution in [2.24, 2.45) is 4.99 Å². The van der Waals surface area contributed by atoms with Crippen LogP contribution in [0.1, 0.15) is 46.4 Å². The van der Waals surface area contributed by atoms with Crippen LogP contribution < -0.4 is 10.2 Å². The van der Waals surface area contributed by atoms with E-state index in [9.17, 15) is 4.79 Å². The van der Waals surface area contributed by atoms with Gasteiger partial charge in [0.15, 0.2) is 5.96 Å². The molecule has 1 aromatic heterocycles. The molecule has 1 saturated heterocycles. The molecule has 2 aliphatic rings. The van der Waals surface area contributed by atoms with Gasteiger partial charge < -0.3 is 24.8 Å². The van der Waals surface area contributed by atoms with Crippen molar-refractivity contribution < 1.29 is 9.53 Å². The molecule has 3 rings (SSSR count). The summed E-state index contributed by atoms with van der Waals surface area (Å²) in [6.45, 7) is 12.6. The average Bonchev–Trinajstić information content (AvgIpc) is 3.42. The maximum Gasteiger partial charge on any atom is 0.410 e. The van der Waals surface area contributed by atoms with E-state index in [1.165, 1.54) is 11.5 Å². The van der Waals surface area contributed by atoms with Crippen LogP contribution in [-0.4, -0.2) is 89.2 Å². The monoisotopic (exact) mass is 437 g/mol. The molecular weight excluding hydrogens is 402 g/mol. The largest absolute Gasteiger partial charge is 0.444 e. The highest BCUT2D eigenvalue weighted by molar-refractivity contribution is 7.09. The number of hydrogen-bond donors (Lipinski definition) is 1. The van der Waals surface area contributed by atoms with Crippen molar-refractivity contribution in [3.05, 3.63) is 5.82 Å². The molecule has 168 valence electrons. The summed E-state index contributed by atoms with van der Waals surface area (Å²) in [4.78, 5) is 27.9. The molecule has 0 radical (unpaired) electrons. The quantitative estimate of drug-likeness (QED) is 0.539. The lowest BCUT2D eigenvalue weighted by molar-refractivity contribution is 0.0237. The summed E-state index contributed by atoms with van der Waals surface area (Å²) in [5.41, 5.74) is -0.474. The lowest BCUT2D eigenvalue weighted by atomic mass is 10.2. The number of guanidine groups is 1. The first kappa shape index (κ1) is 22.6. The van der Waals surface area contributed by atoms with Crippen LogP contribution in [0.4, 0.5) is 9.93 Å². The van der Waals surface area contributed by atoms with Crippen molar-refractivity contribution >= 4 is 28.7 Å². The van der Waals surface area contributed by atoms with Crippen molar-refractivity contribution in [1.29, 1.82) is 0 Å². The van der Waals surface area contributed by atoms with E-state index in [1.807, 2.05) is 25.7 Å². The molecule has 0 atom stereocenters. The van der Waals surface area contributed by atoms with Gasteiger partial charge in [-0.15, -0.1) is 0 Å². The Morgan fingerprint density at radius 2 is 2.00 bits per heavy atom. The zero-order valence-corrected chi connectivity index (χ0v) is 19.7. The molecule has 0 spiro atoms. The molecule has 1 N–H and O–H groups in total. The molecule has 0 unspecified atom stereocenters. The smallest absolute Gasteiger partial charge is 0.410 e. The van der Waals surface area contributed by atoms with Crippen molar-refractivity contribution in [3.8, 4) is 0 Å². The molecule has 9 nitrogen and oxygen atoms in total. The molecule has 0 aromatic carbocycles.